The Morgan fingerprint density at radius 2 is 1.57 bits per heavy atom. The first-order valence-corrected chi connectivity index (χ1v) is 9.47. The molecule has 1 aromatic carbocycles. The van der Waals surface area contributed by atoms with E-state index in [1.54, 1.807) is 0 Å². The quantitative estimate of drug-likeness (QED) is 0.804. The minimum absolute atomic E-state index is 0.323. The van der Waals surface area contributed by atoms with E-state index in [1.807, 2.05) is 0 Å². The van der Waals surface area contributed by atoms with Gasteiger partial charge in [-0.1, -0.05) is 34.1 Å². The number of nitrogens with zero attached hydrogens (tertiary/aromatic N) is 3. The van der Waals surface area contributed by atoms with E-state index < -0.39 is 0 Å². The Labute approximate surface area is 147 Å². The largest absolute Gasteiger partial charge is 0.342 e. The SMILES string of the molecule is O=C(CN1CCN(Cc2ccccc2Br)CC1)N1CCCCC1. The normalized spacial score (nSPS) is 20.7. The van der Waals surface area contributed by atoms with E-state index >= 15 is 0 Å². The number of piperidine rings is 1. The zero-order valence-electron chi connectivity index (χ0n) is 13.7. The summed E-state index contributed by atoms with van der Waals surface area (Å²) in [6, 6.07) is 8.42. The lowest BCUT2D eigenvalue weighted by Crippen LogP contribution is -2.50. The lowest BCUT2D eigenvalue weighted by Gasteiger charge is -2.36. The fourth-order valence-corrected chi connectivity index (χ4v) is 3.82. The lowest BCUT2D eigenvalue weighted by molar-refractivity contribution is -0.133. The molecule has 126 valence electrons. The zero-order chi connectivity index (χ0) is 16.1. The molecular formula is C18H26BrN3O. The van der Waals surface area contributed by atoms with Crippen molar-refractivity contribution in [2.24, 2.45) is 0 Å². The molecule has 2 fully saturated rings. The molecular weight excluding hydrogens is 354 g/mol. The molecule has 0 aromatic heterocycles. The Morgan fingerprint density at radius 1 is 0.913 bits per heavy atom. The van der Waals surface area contributed by atoms with Crippen molar-refractivity contribution in [3.05, 3.63) is 34.3 Å². The third-order valence-electron chi connectivity index (χ3n) is 4.88. The average molecular weight is 380 g/mol. The second-order valence-electron chi connectivity index (χ2n) is 6.59. The second kappa shape index (κ2) is 8.27. The van der Waals surface area contributed by atoms with Crippen molar-refractivity contribution in [3.63, 3.8) is 0 Å². The van der Waals surface area contributed by atoms with Crippen molar-refractivity contribution in [1.29, 1.82) is 0 Å². The van der Waals surface area contributed by atoms with Crippen molar-refractivity contribution in [2.75, 3.05) is 45.8 Å². The monoisotopic (exact) mass is 379 g/mol. The van der Waals surface area contributed by atoms with Crippen LogP contribution in [0.3, 0.4) is 0 Å². The summed E-state index contributed by atoms with van der Waals surface area (Å²) in [6.07, 6.45) is 3.62. The number of halogens is 1. The highest BCUT2D eigenvalue weighted by atomic mass is 79.9. The smallest absolute Gasteiger partial charge is 0.236 e. The summed E-state index contributed by atoms with van der Waals surface area (Å²) < 4.78 is 1.18. The fourth-order valence-electron chi connectivity index (χ4n) is 3.41. The van der Waals surface area contributed by atoms with E-state index in [-0.39, 0.29) is 0 Å². The highest BCUT2D eigenvalue weighted by Crippen LogP contribution is 2.18. The van der Waals surface area contributed by atoms with E-state index in [0.29, 0.717) is 12.5 Å². The van der Waals surface area contributed by atoms with E-state index in [4.69, 9.17) is 0 Å². The molecule has 4 nitrogen and oxygen atoms in total. The minimum atomic E-state index is 0.323. The summed E-state index contributed by atoms with van der Waals surface area (Å²) in [5.74, 6) is 0.323. The van der Waals surface area contributed by atoms with E-state index in [0.717, 1.165) is 45.8 Å². The maximum Gasteiger partial charge on any atom is 0.236 e. The Morgan fingerprint density at radius 3 is 2.26 bits per heavy atom. The summed E-state index contributed by atoms with van der Waals surface area (Å²) in [7, 11) is 0. The average Bonchev–Trinajstić information content (AvgIpc) is 2.59. The molecule has 2 saturated heterocycles. The number of hydrogen-bond donors (Lipinski definition) is 0. The number of rotatable bonds is 4. The highest BCUT2D eigenvalue weighted by Gasteiger charge is 2.22. The van der Waals surface area contributed by atoms with Gasteiger partial charge in [-0.2, -0.15) is 0 Å². The van der Waals surface area contributed by atoms with Crippen LogP contribution in [-0.2, 0) is 11.3 Å². The number of carbonyl (C=O) groups excluding carboxylic acids is 1. The van der Waals surface area contributed by atoms with Crippen LogP contribution >= 0.6 is 15.9 Å². The van der Waals surface area contributed by atoms with Crippen molar-refractivity contribution in [1.82, 2.24) is 14.7 Å². The summed E-state index contributed by atoms with van der Waals surface area (Å²) in [6.45, 7) is 7.55. The molecule has 0 aliphatic carbocycles. The third-order valence-corrected chi connectivity index (χ3v) is 5.66. The summed E-state index contributed by atoms with van der Waals surface area (Å²) in [4.78, 5) is 19.2. The van der Waals surface area contributed by atoms with Crippen LogP contribution in [0.25, 0.3) is 0 Å². The molecule has 0 N–H and O–H groups in total. The van der Waals surface area contributed by atoms with Gasteiger partial charge in [0, 0.05) is 50.3 Å². The van der Waals surface area contributed by atoms with Gasteiger partial charge in [-0.15, -0.1) is 0 Å². The van der Waals surface area contributed by atoms with Crippen molar-refractivity contribution in [3.8, 4) is 0 Å². The van der Waals surface area contributed by atoms with Gasteiger partial charge < -0.3 is 4.90 Å². The molecule has 2 aliphatic rings. The Hall–Kier alpha value is -0.910. The number of piperazine rings is 1. The van der Waals surface area contributed by atoms with Crippen molar-refractivity contribution >= 4 is 21.8 Å². The van der Waals surface area contributed by atoms with Gasteiger partial charge in [0.2, 0.25) is 5.91 Å². The molecule has 0 atom stereocenters. The molecule has 3 rings (SSSR count). The Kier molecular flexibility index (Phi) is 6.08. The van der Waals surface area contributed by atoms with Gasteiger partial charge in [0.05, 0.1) is 6.54 Å². The van der Waals surface area contributed by atoms with E-state index in [9.17, 15) is 4.79 Å². The third kappa shape index (κ3) is 4.78. The number of likely N-dealkylation sites (tertiary alicyclic amines) is 1. The lowest BCUT2D eigenvalue weighted by atomic mass is 10.1. The summed E-state index contributed by atoms with van der Waals surface area (Å²) in [5, 5.41) is 0. The molecule has 0 spiro atoms. The minimum Gasteiger partial charge on any atom is -0.342 e. The van der Waals surface area contributed by atoms with Gasteiger partial charge in [0.15, 0.2) is 0 Å². The molecule has 5 heteroatoms. The van der Waals surface area contributed by atoms with E-state index in [1.165, 1.54) is 29.3 Å². The molecule has 1 amide bonds. The summed E-state index contributed by atoms with van der Waals surface area (Å²) >= 11 is 3.62. The highest BCUT2D eigenvalue weighted by molar-refractivity contribution is 9.10. The Bertz CT molecular complexity index is 523. The van der Waals surface area contributed by atoms with Crippen molar-refractivity contribution < 1.29 is 4.79 Å². The molecule has 23 heavy (non-hydrogen) atoms. The van der Waals surface area contributed by atoms with E-state index in [2.05, 4.69) is 54.9 Å². The van der Waals surface area contributed by atoms with Crippen LogP contribution in [0, 0.1) is 0 Å². The topological polar surface area (TPSA) is 26.8 Å². The predicted octanol–water partition coefficient (Wildman–Crippen LogP) is 2.58. The van der Waals surface area contributed by atoms with Crippen LogP contribution in [0.2, 0.25) is 0 Å². The second-order valence-corrected chi connectivity index (χ2v) is 7.44. The van der Waals surface area contributed by atoms with Gasteiger partial charge in [-0.25, -0.2) is 0 Å². The van der Waals surface area contributed by atoms with Crippen molar-refractivity contribution in [2.45, 2.75) is 25.8 Å². The number of benzene rings is 1. The Balaban J connectivity index is 1.43. The van der Waals surface area contributed by atoms with Crippen LogP contribution in [0.15, 0.2) is 28.7 Å². The molecule has 0 saturated carbocycles. The van der Waals surface area contributed by atoms with Crippen LogP contribution in [0.1, 0.15) is 24.8 Å². The zero-order valence-corrected chi connectivity index (χ0v) is 15.3. The van der Waals surface area contributed by atoms with Crippen LogP contribution < -0.4 is 0 Å². The number of amides is 1. The standard InChI is InChI=1S/C18H26BrN3O/c19-17-7-3-2-6-16(17)14-20-10-12-21(13-11-20)15-18(23)22-8-4-1-5-9-22/h2-3,6-7H,1,4-5,8-15H2. The first kappa shape index (κ1) is 16.9. The molecule has 2 aliphatic heterocycles. The summed E-state index contributed by atoms with van der Waals surface area (Å²) in [5.41, 5.74) is 1.34. The van der Waals surface area contributed by atoms with Crippen LogP contribution in [-0.4, -0.2) is 66.4 Å². The van der Waals surface area contributed by atoms with Gasteiger partial charge in [-0.05, 0) is 30.9 Å². The maximum absolute atomic E-state index is 12.3. The first-order chi connectivity index (χ1) is 11.2. The molecule has 0 radical (unpaired) electrons. The van der Waals surface area contributed by atoms with Gasteiger partial charge >= 0.3 is 0 Å². The fraction of sp³-hybridized carbons (Fsp3) is 0.611. The molecule has 2 heterocycles. The van der Waals surface area contributed by atoms with Crippen LogP contribution in [0.5, 0.6) is 0 Å². The van der Waals surface area contributed by atoms with Crippen LogP contribution in [0.4, 0.5) is 0 Å². The maximum atomic E-state index is 12.3. The molecule has 0 bridgehead atoms. The first-order valence-electron chi connectivity index (χ1n) is 8.68. The molecule has 1 aromatic rings. The number of carbonyl (C=O) groups is 1. The van der Waals surface area contributed by atoms with Gasteiger partial charge in [-0.3, -0.25) is 14.6 Å². The predicted molar refractivity (Wildman–Crippen MR) is 96.3 cm³/mol. The molecule has 0 unspecified atom stereocenters. The number of hydrogen-bond acceptors (Lipinski definition) is 3. The van der Waals surface area contributed by atoms with Gasteiger partial charge in [0.1, 0.15) is 0 Å². The van der Waals surface area contributed by atoms with Gasteiger partial charge in [0.25, 0.3) is 0 Å².